The molecule has 0 saturated carbocycles. The number of aromatic amines is 1. The number of nitrogens with one attached hydrogen (secondary N) is 1. The van der Waals surface area contributed by atoms with Gasteiger partial charge >= 0.3 is 5.97 Å². The number of aromatic nitrogens is 1. The number of thioether (sulfide) groups is 1. The van der Waals surface area contributed by atoms with Crippen LogP contribution < -0.4 is 0 Å². The second-order valence-electron chi connectivity index (χ2n) is 6.23. The van der Waals surface area contributed by atoms with Gasteiger partial charge in [-0.25, -0.2) is 0 Å². The van der Waals surface area contributed by atoms with Gasteiger partial charge in [0.05, 0.1) is 11.4 Å². The lowest BCUT2D eigenvalue weighted by molar-refractivity contribution is -0.143. The zero-order valence-electron chi connectivity index (χ0n) is 15.6. The van der Waals surface area contributed by atoms with Crippen LogP contribution in [0.15, 0.2) is 29.2 Å². The maximum atomic E-state index is 12.6. The fraction of sp³-hybridized carbons (Fsp3) is 0.350. The number of benzene rings is 1. The van der Waals surface area contributed by atoms with Crippen LogP contribution in [0, 0.1) is 20.8 Å². The maximum Gasteiger partial charge on any atom is 0.316 e. The smallest absolute Gasteiger partial charge is 0.316 e. The molecule has 138 valence electrons. The van der Waals surface area contributed by atoms with Gasteiger partial charge in [0, 0.05) is 16.2 Å². The summed E-state index contributed by atoms with van der Waals surface area (Å²) in [5.41, 5.74) is 3.16. The van der Waals surface area contributed by atoms with E-state index in [0.717, 1.165) is 10.5 Å². The lowest BCUT2D eigenvalue weighted by atomic mass is 10.0. The molecule has 0 aliphatic carbocycles. The normalized spacial score (nSPS) is 11.9. The van der Waals surface area contributed by atoms with Crippen molar-refractivity contribution in [2.24, 2.45) is 0 Å². The number of ether oxygens (including phenoxy) is 1. The largest absolute Gasteiger partial charge is 0.454 e. The van der Waals surface area contributed by atoms with Gasteiger partial charge in [-0.2, -0.15) is 0 Å². The van der Waals surface area contributed by atoms with Crippen molar-refractivity contribution in [2.75, 3.05) is 5.75 Å². The van der Waals surface area contributed by atoms with Crippen molar-refractivity contribution >= 4 is 29.3 Å². The summed E-state index contributed by atoms with van der Waals surface area (Å²) < 4.78 is 5.28. The maximum absolute atomic E-state index is 12.6. The number of aryl methyl sites for hydroxylation is 2. The van der Waals surface area contributed by atoms with Gasteiger partial charge in [0.1, 0.15) is 0 Å². The number of hydrogen-bond donors (Lipinski definition) is 1. The van der Waals surface area contributed by atoms with Gasteiger partial charge in [0.25, 0.3) is 0 Å². The van der Waals surface area contributed by atoms with E-state index in [1.54, 1.807) is 20.8 Å². The first kappa shape index (κ1) is 20.0. The van der Waals surface area contributed by atoms with E-state index in [1.807, 2.05) is 31.2 Å². The first-order valence-electron chi connectivity index (χ1n) is 8.34. The van der Waals surface area contributed by atoms with Gasteiger partial charge < -0.3 is 9.72 Å². The predicted octanol–water partition coefficient (Wildman–Crippen LogP) is 4.05. The molecule has 1 N–H and O–H groups in total. The Morgan fingerprint density at radius 1 is 1.15 bits per heavy atom. The molecule has 1 unspecified atom stereocenters. The fourth-order valence-corrected chi connectivity index (χ4v) is 3.68. The number of H-pyrrole nitrogens is 1. The molecule has 0 aliphatic rings. The molecular formula is C20H23NO4S. The number of esters is 1. The van der Waals surface area contributed by atoms with Crippen LogP contribution in [0.2, 0.25) is 0 Å². The highest BCUT2D eigenvalue weighted by atomic mass is 32.2. The van der Waals surface area contributed by atoms with Gasteiger partial charge in [-0.15, -0.1) is 11.8 Å². The Morgan fingerprint density at radius 3 is 2.38 bits per heavy atom. The monoisotopic (exact) mass is 373 g/mol. The average Bonchev–Trinajstić information content (AvgIpc) is 2.87. The summed E-state index contributed by atoms with van der Waals surface area (Å²) in [6, 6.07) is 7.77. The zero-order chi connectivity index (χ0) is 19.4. The molecule has 0 aliphatic heterocycles. The highest BCUT2D eigenvalue weighted by molar-refractivity contribution is 8.00. The third-order valence-corrected chi connectivity index (χ3v) is 5.30. The molecule has 26 heavy (non-hydrogen) atoms. The SMILES string of the molecule is CC(=O)c1c(C)[nH]c(C(=O)C(C)OC(=O)CSc2ccccc2C)c1C. The predicted molar refractivity (Wildman–Crippen MR) is 102 cm³/mol. The Labute approximate surface area is 157 Å². The lowest BCUT2D eigenvalue weighted by Gasteiger charge is -2.12. The average molecular weight is 373 g/mol. The van der Waals surface area contributed by atoms with Crippen molar-refractivity contribution in [2.45, 2.75) is 45.6 Å². The van der Waals surface area contributed by atoms with Gasteiger partial charge in [0.15, 0.2) is 11.9 Å². The molecule has 2 aromatic rings. The lowest BCUT2D eigenvalue weighted by Crippen LogP contribution is -2.26. The van der Waals surface area contributed by atoms with E-state index >= 15 is 0 Å². The molecule has 1 aromatic heterocycles. The molecule has 1 heterocycles. The third-order valence-electron chi connectivity index (χ3n) is 4.15. The number of carbonyl (C=O) groups is 3. The van der Waals surface area contributed by atoms with Crippen LogP contribution in [0.4, 0.5) is 0 Å². The van der Waals surface area contributed by atoms with Crippen molar-refractivity contribution in [1.82, 2.24) is 4.98 Å². The Kier molecular flexibility index (Phi) is 6.42. The molecule has 6 heteroatoms. The van der Waals surface area contributed by atoms with Crippen LogP contribution in [0.1, 0.15) is 51.5 Å². The number of carbonyl (C=O) groups excluding carboxylic acids is 3. The Bertz CT molecular complexity index is 853. The molecule has 5 nitrogen and oxygen atoms in total. The highest BCUT2D eigenvalue weighted by Crippen LogP contribution is 2.23. The van der Waals surface area contributed by atoms with E-state index in [4.69, 9.17) is 4.74 Å². The number of hydrogen-bond acceptors (Lipinski definition) is 5. The van der Waals surface area contributed by atoms with Crippen LogP contribution in [0.3, 0.4) is 0 Å². The molecule has 0 saturated heterocycles. The van der Waals surface area contributed by atoms with Gasteiger partial charge in [0.2, 0.25) is 5.78 Å². The first-order chi connectivity index (χ1) is 12.2. The van der Waals surface area contributed by atoms with E-state index in [2.05, 4.69) is 4.98 Å². The molecule has 0 radical (unpaired) electrons. The third kappa shape index (κ3) is 4.43. The van der Waals surface area contributed by atoms with Crippen LogP contribution in [0.5, 0.6) is 0 Å². The quantitative estimate of drug-likeness (QED) is 0.450. The van der Waals surface area contributed by atoms with E-state index in [9.17, 15) is 14.4 Å². The molecule has 0 amide bonds. The fourth-order valence-electron chi connectivity index (χ4n) is 2.87. The van der Waals surface area contributed by atoms with Crippen molar-refractivity contribution in [1.29, 1.82) is 0 Å². The molecular weight excluding hydrogens is 350 g/mol. The number of rotatable bonds is 7. The van der Waals surface area contributed by atoms with Crippen LogP contribution >= 0.6 is 11.8 Å². The standard InChI is InChI=1S/C20H23NO4S/c1-11-8-6-7-9-16(11)26-10-17(23)25-15(5)20(24)19-12(2)18(14(4)22)13(3)21-19/h6-9,15,21H,10H2,1-5H3. The molecule has 1 aromatic carbocycles. The van der Waals surface area contributed by atoms with E-state index < -0.39 is 12.1 Å². The van der Waals surface area contributed by atoms with E-state index in [0.29, 0.717) is 22.5 Å². The van der Waals surface area contributed by atoms with Gasteiger partial charge in [-0.05, 0) is 51.8 Å². The van der Waals surface area contributed by atoms with Crippen LogP contribution in [0.25, 0.3) is 0 Å². The van der Waals surface area contributed by atoms with E-state index in [-0.39, 0.29) is 17.3 Å². The number of ketones is 2. The molecule has 0 bridgehead atoms. The summed E-state index contributed by atoms with van der Waals surface area (Å²) in [4.78, 5) is 40.3. The topological polar surface area (TPSA) is 76.2 Å². The molecule has 1 atom stereocenters. The summed E-state index contributed by atoms with van der Waals surface area (Å²) in [6.45, 7) is 8.44. The second kappa shape index (κ2) is 8.36. The summed E-state index contributed by atoms with van der Waals surface area (Å²) in [6.07, 6.45) is -0.920. The van der Waals surface area contributed by atoms with Crippen molar-refractivity contribution in [3.8, 4) is 0 Å². The van der Waals surface area contributed by atoms with Crippen LogP contribution in [-0.2, 0) is 9.53 Å². The summed E-state index contributed by atoms with van der Waals surface area (Å²) in [7, 11) is 0. The summed E-state index contributed by atoms with van der Waals surface area (Å²) in [5.74, 6) is -0.766. The first-order valence-corrected chi connectivity index (χ1v) is 9.33. The second-order valence-corrected chi connectivity index (χ2v) is 7.25. The minimum absolute atomic E-state index is 0.102. The minimum atomic E-state index is -0.920. The Balaban J connectivity index is 2.01. The summed E-state index contributed by atoms with van der Waals surface area (Å²) >= 11 is 1.38. The number of Topliss-reactive ketones (excluding diaryl/α,β-unsaturated/α-hetero) is 2. The highest BCUT2D eigenvalue weighted by Gasteiger charge is 2.25. The molecule has 0 spiro atoms. The van der Waals surface area contributed by atoms with Crippen LogP contribution in [-0.4, -0.2) is 34.4 Å². The van der Waals surface area contributed by atoms with E-state index in [1.165, 1.54) is 18.7 Å². The molecule has 2 rings (SSSR count). The molecule has 0 fully saturated rings. The zero-order valence-corrected chi connectivity index (χ0v) is 16.5. The van der Waals surface area contributed by atoms with Gasteiger partial charge in [-0.1, -0.05) is 18.2 Å². The van der Waals surface area contributed by atoms with Crippen molar-refractivity contribution in [3.63, 3.8) is 0 Å². The summed E-state index contributed by atoms with van der Waals surface area (Å²) in [5, 5.41) is 0. The van der Waals surface area contributed by atoms with Crippen molar-refractivity contribution < 1.29 is 19.1 Å². The van der Waals surface area contributed by atoms with Gasteiger partial charge in [-0.3, -0.25) is 14.4 Å². The van der Waals surface area contributed by atoms with Crippen molar-refractivity contribution in [3.05, 3.63) is 52.3 Å². The minimum Gasteiger partial charge on any atom is -0.454 e. The Morgan fingerprint density at radius 2 is 1.81 bits per heavy atom. The Hall–Kier alpha value is -2.34.